The van der Waals surface area contributed by atoms with Crippen molar-refractivity contribution in [1.29, 1.82) is 0 Å². The number of hydrogen-bond donors (Lipinski definition) is 1. The molecule has 0 saturated carbocycles. The van der Waals surface area contributed by atoms with Gasteiger partial charge >= 0.3 is 21.0 Å². The van der Waals surface area contributed by atoms with Crippen LogP contribution in [-0.2, 0) is 32.4 Å². The molecule has 0 bridgehead atoms. The van der Waals surface area contributed by atoms with Gasteiger partial charge in [-0.05, 0) is 34.1 Å². The van der Waals surface area contributed by atoms with Crippen LogP contribution in [0.3, 0.4) is 0 Å². The average Bonchev–Trinajstić information content (AvgIpc) is 2.69. The number of carbonyl (C=O) groups is 2. The van der Waals surface area contributed by atoms with Gasteiger partial charge in [-0.15, -0.1) is 6.42 Å². The first-order valence-electron chi connectivity index (χ1n) is 9.92. The molecular formula is C18H34N2O9Si. The van der Waals surface area contributed by atoms with E-state index in [0.29, 0.717) is 32.3 Å². The molecule has 30 heavy (non-hydrogen) atoms. The Labute approximate surface area is 179 Å². The number of hydrogen-bond acceptors (Lipinski definition) is 9. The van der Waals surface area contributed by atoms with Crippen LogP contribution in [0.25, 0.3) is 0 Å². The van der Waals surface area contributed by atoms with Gasteiger partial charge in [0.15, 0.2) is 0 Å². The molecule has 0 radical (unpaired) electrons. The van der Waals surface area contributed by atoms with Crippen molar-refractivity contribution in [2.45, 2.75) is 53.4 Å². The molecular weight excluding hydrogens is 416 g/mol. The summed E-state index contributed by atoms with van der Waals surface area (Å²) in [6.07, 6.45) is 2.94. The van der Waals surface area contributed by atoms with E-state index >= 15 is 0 Å². The molecule has 1 N–H and O–H groups in total. The zero-order chi connectivity index (χ0) is 22.8. The lowest BCUT2D eigenvalue weighted by molar-refractivity contribution is -0.174. The number of carbonyl (C=O) groups excluding carboxylic acids is 2. The molecule has 11 nitrogen and oxygen atoms in total. The number of hydroxylamine groups is 3. The second kappa shape index (κ2) is 16.9. The summed E-state index contributed by atoms with van der Waals surface area (Å²) in [6.45, 7) is 10.2. The number of nitrogens with zero attached hydrogens (tertiary/aromatic N) is 1. The van der Waals surface area contributed by atoms with Crippen LogP contribution in [0.2, 0.25) is 6.04 Å². The highest BCUT2D eigenvalue weighted by molar-refractivity contribution is 6.60. The van der Waals surface area contributed by atoms with Gasteiger partial charge in [0.05, 0.1) is 13.2 Å². The number of terminal acetylenes is 1. The molecule has 0 aromatic rings. The van der Waals surface area contributed by atoms with E-state index in [1.165, 1.54) is 6.92 Å². The van der Waals surface area contributed by atoms with Gasteiger partial charge in [-0.3, -0.25) is 4.84 Å². The number of amides is 2. The Bertz CT molecular complexity index is 513. The zero-order valence-electron chi connectivity index (χ0n) is 18.4. The summed E-state index contributed by atoms with van der Waals surface area (Å²) in [5.74, 6) is 2.29. The van der Waals surface area contributed by atoms with E-state index in [2.05, 4.69) is 10.7 Å². The topological polar surface area (TPSA) is 114 Å². The standard InChI is InChI=1S/C18H34N2O9Si/c1-7-14-24-20(18(22)28-16(6)29-19-17(21)23-8-2)13-12-15-30(25-9-3,26-10-4)27-11-5/h1,16H,8-15H2,2-6H3,(H,19,21). The van der Waals surface area contributed by atoms with Gasteiger partial charge in [0.1, 0.15) is 6.61 Å². The molecule has 0 aliphatic rings. The van der Waals surface area contributed by atoms with E-state index in [9.17, 15) is 9.59 Å². The minimum atomic E-state index is -2.85. The van der Waals surface area contributed by atoms with Crippen LogP contribution in [-0.4, -0.2) is 71.9 Å². The summed E-state index contributed by atoms with van der Waals surface area (Å²) in [6, 6.07) is 0.474. The predicted molar refractivity (Wildman–Crippen MR) is 109 cm³/mol. The highest BCUT2D eigenvalue weighted by atomic mass is 28.4. The molecule has 0 spiro atoms. The van der Waals surface area contributed by atoms with Crippen LogP contribution in [0, 0.1) is 12.3 Å². The molecule has 0 fully saturated rings. The lowest BCUT2D eigenvalue weighted by Crippen LogP contribution is -2.46. The number of nitrogens with one attached hydrogen (secondary N) is 1. The van der Waals surface area contributed by atoms with Crippen molar-refractivity contribution >= 4 is 21.0 Å². The largest absolute Gasteiger partial charge is 0.500 e. The van der Waals surface area contributed by atoms with Crippen LogP contribution < -0.4 is 5.48 Å². The monoisotopic (exact) mass is 450 g/mol. The maximum Gasteiger partial charge on any atom is 0.500 e. The van der Waals surface area contributed by atoms with Crippen molar-refractivity contribution in [3.8, 4) is 12.3 Å². The van der Waals surface area contributed by atoms with E-state index < -0.39 is 27.3 Å². The second-order valence-corrected chi connectivity index (χ2v) is 8.29. The third kappa shape index (κ3) is 12.0. The predicted octanol–water partition coefficient (Wildman–Crippen LogP) is 2.45. The SMILES string of the molecule is C#CCON(CCC[Si](OCC)(OCC)OCC)C(=O)OC(C)ONC(=O)OCC. The van der Waals surface area contributed by atoms with Crippen LogP contribution >= 0.6 is 0 Å². The summed E-state index contributed by atoms with van der Waals surface area (Å²) in [7, 11) is -2.85. The molecule has 12 heteroatoms. The lowest BCUT2D eigenvalue weighted by atomic mass is 10.5. The maximum absolute atomic E-state index is 12.4. The van der Waals surface area contributed by atoms with Crippen molar-refractivity contribution in [1.82, 2.24) is 10.5 Å². The summed E-state index contributed by atoms with van der Waals surface area (Å²) < 4.78 is 27.1. The smallest absolute Gasteiger partial charge is 0.448 e. The molecule has 0 rings (SSSR count). The van der Waals surface area contributed by atoms with Gasteiger partial charge in [0.2, 0.25) is 6.29 Å². The first kappa shape index (κ1) is 28.1. The van der Waals surface area contributed by atoms with Gasteiger partial charge in [0, 0.05) is 32.8 Å². The molecule has 0 heterocycles. The van der Waals surface area contributed by atoms with E-state index in [-0.39, 0.29) is 19.8 Å². The van der Waals surface area contributed by atoms with Crippen molar-refractivity contribution in [2.24, 2.45) is 0 Å². The third-order valence-electron chi connectivity index (χ3n) is 3.29. The molecule has 0 aromatic heterocycles. The minimum Gasteiger partial charge on any atom is -0.448 e. The quantitative estimate of drug-likeness (QED) is 0.164. The Balaban J connectivity index is 4.79. The Morgan fingerprint density at radius 2 is 1.67 bits per heavy atom. The summed E-state index contributed by atoms with van der Waals surface area (Å²) in [5, 5.41) is 0.979. The molecule has 0 saturated heterocycles. The number of ether oxygens (including phenoxy) is 2. The Morgan fingerprint density at radius 3 is 2.17 bits per heavy atom. The van der Waals surface area contributed by atoms with Gasteiger partial charge in [-0.1, -0.05) is 5.92 Å². The summed E-state index contributed by atoms with van der Waals surface area (Å²) in [5.41, 5.74) is 2.00. The highest BCUT2D eigenvalue weighted by Gasteiger charge is 2.40. The molecule has 0 aliphatic heterocycles. The van der Waals surface area contributed by atoms with Gasteiger partial charge in [-0.2, -0.15) is 10.5 Å². The van der Waals surface area contributed by atoms with Crippen molar-refractivity contribution in [2.75, 3.05) is 39.6 Å². The minimum absolute atomic E-state index is 0.129. The fraction of sp³-hybridized carbons (Fsp3) is 0.778. The van der Waals surface area contributed by atoms with Crippen molar-refractivity contribution in [3.05, 3.63) is 0 Å². The van der Waals surface area contributed by atoms with Crippen molar-refractivity contribution in [3.63, 3.8) is 0 Å². The van der Waals surface area contributed by atoms with Crippen LogP contribution in [0.15, 0.2) is 0 Å². The Kier molecular flexibility index (Phi) is 15.8. The van der Waals surface area contributed by atoms with E-state index in [4.69, 9.17) is 34.1 Å². The molecule has 2 amide bonds. The van der Waals surface area contributed by atoms with Crippen LogP contribution in [0.1, 0.15) is 41.0 Å². The zero-order valence-corrected chi connectivity index (χ0v) is 19.4. The molecule has 0 aliphatic carbocycles. The van der Waals surface area contributed by atoms with Crippen LogP contribution in [0.4, 0.5) is 9.59 Å². The average molecular weight is 451 g/mol. The molecule has 1 atom stereocenters. The first-order chi connectivity index (χ1) is 14.4. The molecule has 0 aromatic carbocycles. The van der Waals surface area contributed by atoms with Crippen LogP contribution in [0.5, 0.6) is 0 Å². The molecule has 1 unspecified atom stereocenters. The summed E-state index contributed by atoms with van der Waals surface area (Å²) >= 11 is 0. The maximum atomic E-state index is 12.4. The second-order valence-electron chi connectivity index (χ2n) is 5.56. The lowest BCUT2D eigenvalue weighted by Gasteiger charge is -2.29. The normalized spacial score (nSPS) is 12.0. The molecule has 174 valence electrons. The third-order valence-corrected chi connectivity index (χ3v) is 6.45. The van der Waals surface area contributed by atoms with E-state index in [1.54, 1.807) is 6.92 Å². The van der Waals surface area contributed by atoms with Gasteiger partial charge in [0.25, 0.3) is 0 Å². The number of rotatable bonds is 16. The fourth-order valence-electron chi connectivity index (χ4n) is 2.28. The summed E-state index contributed by atoms with van der Waals surface area (Å²) in [4.78, 5) is 33.7. The van der Waals surface area contributed by atoms with E-state index in [0.717, 1.165) is 5.06 Å². The Hall–Kier alpha value is -1.88. The highest BCUT2D eigenvalue weighted by Crippen LogP contribution is 2.19. The van der Waals surface area contributed by atoms with E-state index in [1.807, 2.05) is 26.3 Å². The fourth-order valence-corrected chi connectivity index (χ4v) is 4.87. The Morgan fingerprint density at radius 1 is 1.07 bits per heavy atom. The van der Waals surface area contributed by atoms with Gasteiger partial charge in [-0.25, -0.2) is 14.4 Å². The van der Waals surface area contributed by atoms with Gasteiger partial charge < -0.3 is 22.8 Å². The first-order valence-corrected chi connectivity index (χ1v) is 11.9. The van der Waals surface area contributed by atoms with Crippen molar-refractivity contribution < 1.29 is 42.0 Å².